The summed E-state index contributed by atoms with van der Waals surface area (Å²) in [5, 5.41) is 6.25. The highest BCUT2D eigenvalue weighted by molar-refractivity contribution is 6.39. The number of hydrogen-bond donors (Lipinski definition) is 2. The molecule has 2 N–H and O–H groups in total. The first-order chi connectivity index (χ1) is 12.1. The van der Waals surface area contributed by atoms with Crippen molar-refractivity contribution < 1.29 is 19.1 Å². The largest absolute Gasteiger partial charge is 0.497 e. The summed E-state index contributed by atoms with van der Waals surface area (Å²) in [4.78, 5) is 23.7. The maximum atomic E-state index is 11.9. The van der Waals surface area contributed by atoms with Gasteiger partial charge in [0, 0.05) is 0 Å². The molecule has 130 valence electrons. The number of para-hydroxylation sites is 2. The molecule has 0 saturated heterocycles. The Labute approximate surface area is 145 Å². The fourth-order valence-corrected chi connectivity index (χ4v) is 1.94. The lowest BCUT2D eigenvalue weighted by Crippen LogP contribution is -2.32. The number of nitrogens with zero attached hydrogens (tertiary/aromatic N) is 1. The fraction of sp³-hybridized carbons (Fsp3) is 0.167. The van der Waals surface area contributed by atoms with Gasteiger partial charge in [0.2, 0.25) is 0 Å². The molecule has 2 aromatic carbocycles. The third-order valence-electron chi connectivity index (χ3n) is 3.14. The number of nitrogens with one attached hydrogen (secondary N) is 2. The topological polar surface area (TPSA) is 89.0 Å². The third kappa shape index (κ3) is 5.35. The molecule has 0 bridgehead atoms. The van der Waals surface area contributed by atoms with Gasteiger partial charge in [-0.1, -0.05) is 12.1 Å². The van der Waals surface area contributed by atoms with Gasteiger partial charge < -0.3 is 14.8 Å². The molecule has 0 spiro atoms. The standard InChI is InChI=1S/C18H19N3O4/c1-3-25-16-7-5-4-6-15(16)20-17(22)18(23)21-19-12-13-8-10-14(24-2)11-9-13/h4-12H,3H2,1-2H3,(H,20,22)(H,21,23). The molecule has 0 heterocycles. The first kappa shape index (κ1) is 18.0. The molecule has 25 heavy (non-hydrogen) atoms. The average molecular weight is 341 g/mol. The predicted molar refractivity (Wildman–Crippen MR) is 95.0 cm³/mol. The molecule has 0 saturated carbocycles. The van der Waals surface area contributed by atoms with Gasteiger partial charge in [0.05, 0.1) is 25.6 Å². The van der Waals surface area contributed by atoms with Gasteiger partial charge in [0.1, 0.15) is 11.5 Å². The van der Waals surface area contributed by atoms with E-state index in [0.29, 0.717) is 23.8 Å². The second-order valence-electron chi connectivity index (χ2n) is 4.86. The van der Waals surface area contributed by atoms with Crippen LogP contribution in [0.3, 0.4) is 0 Å². The zero-order valence-corrected chi connectivity index (χ0v) is 14.0. The number of hydrogen-bond acceptors (Lipinski definition) is 5. The fourth-order valence-electron chi connectivity index (χ4n) is 1.94. The zero-order valence-electron chi connectivity index (χ0n) is 14.0. The van der Waals surface area contributed by atoms with Crippen LogP contribution in [0.5, 0.6) is 11.5 Å². The van der Waals surface area contributed by atoms with E-state index >= 15 is 0 Å². The zero-order chi connectivity index (χ0) is 18.1. The lowest BCUT2D eigenvalue weighted by Gasteiger charge is -2.10. The van der Waals surface area contributed by atoms with E-state index in [0.717, 1.165) is 5.56 Å². The van der Waals surface area contributed by atoms with Gasteiger partial charge >= 0.3 is 11.8 Å². The Kier molecular flexibility index (Phi) is 6.53. The van der Waals surface area contributed by atoms with Crippen molar-refractivity contribution in [2.45, 2.75) is 6.92 Å². The van der Waals surface area contributed by atoms with Crippen LogP contribution in [0, 0.1) is 0 Å². The molecule has 0 aliphatic rings. The summed E-state index contributed by atoms with van der Waals surface area (Å²) < 4.78 is 10.4. The van der Waals surface area contributed by atoms with Crippen molar-refractivity contribution in [2.75, 3.05) is 19.0 Å². The summed E-state index contributed by atoms with van der Waals surface area (Å²) in [7, 11) is 1.58. The predicted octanol–water partition coefficient (Wildman–Crippen LogP) is 2.18. The van der Waals surface area contributed by atoms with Crippen molar-refractivity contribution in [1.82, 2.24) is 5.43 Å². The maximum absolute atomic E-state index is 11.9. The molecule has 0 unspecified atom stereocenters. The molecule has 2 aromatic rings. The van der Waals surface area contributed by atoms with Crippen LogP contribution in [-0.4, -0.2) is 31.7 Å². The number of ether oxygens (including phenoxy) is 2. The quantitative estimate of drug-likeness (QED) is 0.479. The number of methoxy groups -OCH3 is 1. The van der Waals surface area contributed by atoms with Crippen LogP contribution in [0.15, 0.2) is 53.6 Å². The smallest absolute Gasteiger partial charge is 0.329 e. The maximum Gasteiger partial charge on any atom is 0.329 e. The van der Waals surface area contributed by atoms with Crippen molar-refractivity contribution in [3.8, 4) is 11.5 Å². The van der Waals surface area contributed by atoms with Crippen molar-refractivity contribution in [2.24, 2.45) is 5.10 Å². The minimum absolute atomic E-state index is 0.420. The van der Waals surface area contributed by atoms with Crippen molar-refractivity contribution in [1.29, 1.82) is 0 Å². The summed E-state index contributed by atoms with van der Waals surface area (Å²) in [6.07, 6.45) is 1.43. The number of benzene rings is 2. The molecular formula is C18H19N3O4. The highest BCUT2D eigenvalue weighted by Gasteiger charge is 2.15. The van der Waals surface area contributed by atoms with E-state index in [2.05, 4.69) is 15.8 Å². The Morgan fingerprint density at radius 2 is 1.80 bits per heavy atom. The molecule has 2 amide bonds. The Bertz CT molecular complexity index is 757. The summed E-state index contributed by atoms with van der Waals surface area (Å²) in [5.41, 5.74) is 3.35. The van der Waals surface area contributed by atoms with E-state index < -0.39 is 11.8 Å². The second kappa shape index (κ2) is 9.07. The molecule has 0 atom stereocenters. The lowest BCUT2D eigenvalue weighted by atomic mass is 10.2. The van der Waals surface area contributed by atoms with E-state index in [1.165, 1.54) is 6.21 Å². The number of carbonyl (C=O) groups is 2. The first-order valence-corrected chi connectivity index (χ1v) is 7.64. The lowest BCUT2D eigenvalue weighted by molar-refractivity contribution is -0.136. The Morgan fingerprint density at radius 3 is 2.48 bits per heavy atom. The molecule has 0 aromatic heterocycles. The molecule has 2 rings (SSSR count). The minimum Gasteiger partial charge on any atom is -0.497 e. The highest BCUT2D eigenvalue weighted by atomic mass is 16.5. The summed E-state index contributed by atoms with van der Waals surface area (Å²) in [6.45, 7) is 2.28. The molecule has 0 aliphatic carbocycles. The van der Waals surface area contributed by atoms with Gasteiger partial charge in [0.15, 0.2) is 0 Å². The first-order valence-electron chi connectivity index (χ1n) is 7.64. The van der Waals surface area contributed by atoms with Crippen LogP contribution in [0.2, 0.25) is 0 Å². The SMILES string of the molecule is CCOc1ccccc1NC(=O)C(=O)NN=Cc1ccc(OC)cc1. The molecule has 0 aliphatic heterocycles. The number of carbonyl (C=O) groups excluding carboxylic acids is 2. The second-order valence-corrected chi connectivity index (χ2v) is 4.86. The average Bonchev–Trinajstić information content (AvgIpc) is 2.64. The molecular weight excluding hydrogens is 322 g/mol. The number of anilines is 1. The van der Waals surface area contributed by atoms with Crippen LogP contribution in [0.4, 0.5) is 5.69 Å². The van der Waals surface area contributed by atoms with Gasteiger partial charge in [-0.3, -0.25) is 9.59 Å². The number of rotatable bonds is 6. The van der Waals surface area contributed by atoms with Gasteiger partial charge in [-0.05, 0) is 48.9 Å². The van der Waals surface area contributed by atoms with E-state index in [4.69, 9.17) is 9.47 Å². The Hall–Kier alpha value is -3.35. The monoisotopic (exact) mass is 341 g/mol. The van der Waals surface area contributed by atoms with Gasteiger partial charge in [-0.25, -0.2) is 5.43 Å². The van der Waals surface area contributed by atoms with Gasteiger partial charge in [-0.15, -0.1) is 0 Å². The van der Waals surface area contributed by atoms with E-state index in [1.54, 1.807) is 55.6 Å². The summed E-state index contributed by atoms with van der Waals surface area (Å²) in [6, 6.07) is 13.9. The third-order valence-corrected chi connectivity index (χ3v) is 3.14. The Morgan fingerprint density at radius 1 is 1.08 bits per heavy atom. The number of amides is 2. The molecule has 0 fully saturated rings. The van der Waals surface area contributed by atoms with Crippen LogP contribution in [-0.2, 0) is 9.59 Å². The summed E-state index contributed by atoms with van der Waals surface area (Å²) >= 11 is 0. The van der Waals surface area contributed by atoms with Crippen LogP contribution in [0.1, 0.15) is 12.5 Å². The minimum atomic E-state index is -0.879. The van der Waals surface area contributed by atoms with Crippen LogP contribution >= 0.6 is 0 Å². The number of hydrazone groups is 1. The van der Waals surface area contributed by atoms with Gasteiger partial charge in [-0.2, -0.15) is 5.10 Å². The highest BCUT2D eigenvalue weighted by Crippen LogP contribution is 2.23. The molecule has 7 nitrogen and oxygen atoms in total. The van der Waals surface area contributed by atoms with E-state index in [1.807, 2.05) is 6.92 Å². The summed E-state index contributed by atoms with van der Waals surface area (Å²) in [5.74, 6) is -0.503. The molecule has 0 radical (unpaired) electrons. The van der Waals surface area contributed by atoms with Crippen molar-refractivity contribution in [3.05, 3.63) is 54.1 Å². The van der Waals surface area contributed by atoms with Crippen LogP contribution < -0.4 is 20.2 Å². The van der Waals surface area contributed by atoms with Gasteiger partial charge in [0.25, 0.3) is 0 Å². The van der Waals surface area contributed by atoms with Crippen molar-refractivity contribution >= 4 is 23.7 Å². The van der Waals surface area contributed by atoms with E-state index in [9.17, 15) is 9.59 Å². The molecule has 7 heteroatoms. The normalized spacial score (nSPS) is 10.3. The van der Waals surface area contributed by atoms with E-state index in [-0.39, 0.29) is 0 Å². The van der Waals surface area contributed by atoms with Crippen molar-refractivity contribution in [3.63, 3.8) is 0 Å². The van der Waals surface area contributed by atoms with Crippen LogP contribution in [0.25, 0.3) is 0 Å². The Balaban J connectivity index is 1.91.